The number of nitrogens with zero attached hydrogens (tertiary/aromatic N) is 3. The van der Waals surface area contributed by atoms with Crippen LogP contribution in [0.2, 0.25) is 0 Å². The number of fused-ring (bicyclic) bond motifs is 2. The van der Waals surface area contributed by atoms with Gasteiger partial charge >= 0.3 is 0 Å². The van der Waals surface area contributed by atoms with Gasteiger partial charge in [0.25, 0.3) is 0 Å². The maximum atomic E-state index is 9.51. The van der Waals surface area contributed by atoms with Crippen molar-refractivity contribution in [2.24, 2.45) is 0 Å². The van der Waals surface area contributed by atoms with E-state index in [1.807, 2.05) is 54.7 Å². The smallest absolute Gasteiger partial charge is 0.124 e. The Balaban J connectivity index is 1.68. The molecule has 3 nitrogen and oxygen atoms in total. The van der Waals surface area contributed by atoms with Crippen molar-refractivity contribution in [2.45, 2.75) is 0 Å². The van der Waals surface area contributed by atoms with Crippen molar-refractivity contribution in [2.75, 3.05) is 0 Å². The molecule has 0 bridgehead atoms. The molecule has 0 fully saturated rings. The second-order valence-electron chi connectivity index (χ2n) is 6.31. The number of para-hydroxylation sites is 2. The van der Waals surface area contributed by atoms with Crippen LogP contribution in [0.25, 0.3) is 42.8 Å². The van der Waals surface area contributed by atoms with Crippen LogP contribution in [0.15, 0.2) is 79.0 Å². The van der Waals surface area contributed by atoms with Gasteiger partial charge in [-0.2, -0.15) is 5.26 Å². The number of nitriles is 1. The van der Waals surface area contributed by atoms with E-state index in [-0.39, 0.29) is 0 Å². The molecule has 5 rings (SSSR count). The summed E-state index contributed by atoms with van der Waals surface area (Å²) in [5.41, 5.74) is 5.49. The van der Waals surface area contributed by atoms with Gasteiger partial charge in [0.15, 0.2) is 0 Å². The van der Waals surface area contributed by atoms with E-state index in [9.17, 15) is 5.26 Å². The van der Waals surface area contributed by atoms with Crippen molar-refractivity contribution < 1.29 is 0 Å². The van der Waals surface area contributed by atoms with Crippen molar-refractivity contribution in [3.63, 3.8) is 0 Å². The van der Waals surface area contributed by atoms with Crippen LogP contribution in [0.4, 0.5) is 0 Å². The molecule has 3 aromatic carbocycles. The first-order valence-electron chi connectivity index (χ1n) is 8.56. The van der Waals surface area contributed by atoms with Crippen molar-refractivity contribution in [3.8, 4) is 27.8 Å². The summed E-state index contributed by atoms with van der Waals surface area (Å²) in [7, 11) is 0. The molecule has 0 radical (unpaired) electrons. The topological polar surface area (TPSA) is 49.6 Å². The Morgan fingerprint density at radius 2 is 1.56 bits per heavy atom. The first-order chi connectivity index (χ1) is 13.3. The molecule has 2 aromatic heterocycles. The van der Waals surface area contributed by atoms with Gasteiger partial charge in [0.1, 0.15) is 5.01 Å². The molecule has 0 N–H and O–H groups in total. The quantitative estimate of drug-likeness (QED) is 0.383. The van der Waals surface area contributed by atoms with Gasteiger partial charge in [-0.1, -0.05) is 30.3 Å². The van der Waals surface area contributed by atoms with Crippen LogP contribution in [0.1, 0.15) is 5.56 Å². The fourth-order valence-corrected chi connectivity index (χ4v) is 4.16. The lowest BCUT2D eigenvalue weighted by Gasteiger charge is -2.06. The van der Waals surface area contributed by atoms with E-state index in [1.54, 1.807) is 11.3 Å². The van der Waals surface area contributed by atoms with E-state index in [1.165, 1.54) is 0 Å². The average Bonchev–Trinajstić information content (AvgIpc) is 3.17. The van der Waals surface area contributed by atoms with Gasteiger partial charge in [-0.25, -0.2) is 4.98 Å². The summed E-state index contributed by atoms with van der Waals surface area (Å²) in [4.78, 5) is 9.29. The van der Waals surface area contributed by atoms with Gasteiger partial charge in [-0.3, -0.25) is 4.98 Å². The molecule has 0 amide bonds. The lowest BCUT2D eigenvalue weighted by molar-refractivity contribution is 1.40. The van der Waals surface area contributed by atoms with Crippen LogP contribution >= 0.6 is 11.3 Å². The normalized spacial score (nSPS) is 10.9. The van der Waals surface area contributed by atoms with Crippen molar-refractivity contribution in [3.05, 3.63) is 84.6 Å². The zero-order chi connectivity index (χ0) is 18.2. The molecule has 0 saturated heterocycles. The molecule has 126 valence electrons. The summed E-state index contributed by atoms with van der Waals surface area (Å²) in [6.07, 6.45) is 1.86. The predicted octanol–water partition coefficient (Wildman–Crippen LogP) is 6.05. The highest BCUT2D eigenvalue weighted by Gasteiger charge is 2.10. The molecule has 4 heteroatoms. The average molecular weight is 363 g/mol. The summed E-state index contributed by atoms with van der Waals surface area (Å²) in [5, 5.41) is 11.5. The number of thiazole rings is 1. The minimum Gasteiger partial charge on any atom is -0.256 e. The van der Waals surface area contributed by atoms with Gasteiger partial charge in [-0.15, -0.1) is 11.3 Å². The summed E-state index contributed by atoms with van der Waals surface area (Å²) < 4.78 is 1.14. The first kappa shape index (κ1) is 15.7. The Bertz CT molecular complexity index is 1310. The monoisotopic (exact) mass is 363 g/mol. The van der Waals surface area contributed by atoms with Crippen LogP contribution in [-0.4, -0.2) is 9.97 Å². The number of rotatable bonds is 2. The first-order valence-corrected chi connectivity index (χ1v) is 9.38. The molecule has 5 aromatic rings. The Kier molecular flexibility index (Phi) is 3.67. The molecule has 0 aliphatic carbocycles. The van der Waals surface area contributed by atoms with Crippen LogP contribution in [0.3, 0.4) is 0 Å². The molecule has 0 atom stereocenters. The highest BCUT2D eigenvalue weighted by molar-refractivity contribution is 7.21. The van der Waals surface area contributed by atoms with Gasteiger partial charge in [-0.05, 0) is 48.0 Å². The third-order valence-electron chi connectivity index (χ3n) is 4.53. The van der Waals surface area contributed by atoms with Crippen LogP contribution < -0.4 is 0 Å². The van der Waals surface area contributed by atoms with E-state index in [0.29, 0.717) is 5.56 Å². The number of aromatic nitrogens is 2. The van der Waals surface area contributed by atoms with Crippen molar-refractivity contribution >= 4 is 32.5 Å². The summed E-state index contributed by atoms with van der Waals surface area (Å²) in [5.74, 6) is 0. The van der Waals surface area contributed by atoms with Gasteiger partial charge in [0.2, 0.25) is 0 Å². The van der Waals surface area contributed by atoms with Crippen molar-refractivity contribution in [1.82, 2.24) is 9.97 Å². The fraction of sp³-hybridized carbons (Fsp3) is 0. The minimum absolute atomic E-state index is 0.620. The lowest BCUT2D eigenvalue weighted by atomic mass is 10.0. The number of pyridine rings is 1. The predicted molar refractivity (Wildman–Crippen MR) is 111 cm³/mol. The van der Waals surface area contributed by atoms with E-state index < -0.39 is 0 Å². The van der Waals surface area contributed by atoms with E-state index >= 15 is 0 Å². The Morgan fingerprint density at radius 1 is 0.778 bits per heavy atom. The summed E-state index contributed by atoms with van der Waals surface area (Å²) >= 11 is 1.64. The molecular weight excluding hydrogens is 350 g/mol. The fourth-order valence-electron chi connectivity index (χ4n) is 3.21. The molecule has 27 heavy (non-hydrogen) atoms. The zero-order valence-electron chi connectivity index (χ0n) is 14.3. The van der Waals surface area contributed by atoms with Crippen LogP contribution in [0.5, 0.6) is 0 Å². The molecule has 0 spiro atoms. The zero-order valence-corrected chi connectivity index (χ0v) is 15.1. The Morgan fingerprint density at radius 3 is 2.41 bits per heavy atom. The standard InChI is InChI=1S/C23H13N3S/c24-13-15-9-17(19-11-16-5-1-2-6-20(16)25-14-19)12-18(10-15)23-26-21-7-3-4-8-22(21)27-23/h1-12,14H. The highest BCUT2D eigenvalue weighted by atomic mass is 32.1. The lowest BCUT2D eigenvalue weighted by Crippen LogP contribution is -1.87. The molecule has 0 aliphatic heterocycles. The van der Waals surface area contributed by atoms with E-state index in [2.05, 4.69) is 35.3 Å². The van der Waals surface area contributed by atoms with E-state index in [0.717, 1.165) is 42.8 Å². The maximum Gasteiger partial charge on any atom is 0.124 e. The van der Waals surface area contributed by atoms with Gasteiger partial charge in [0, 0.05) is 22.7 Å². The molecule has 0 unspecified atom stereocenters. The highest BCUT2D eigenvalue weighted by Crippen LogP contribution is 2.33. The van der Waals surface area contributed by atoms with E-state index in [4.69, 9.17) is 4.98 Å². The number of hydrogen-bond donors (Lipinski definition) is 0. The minimum atomic E-state index is 0.620. The number of benzene rings is 3. The Labute approximate surface area is 160 Å². The third-order valence-corrected chi connectivity index (χ3v) is 5.61. The molecule has 0 aliphatic rings. The Hall–Kier alpha value is -3.55. The largest absolute Gasteiger partial charge is 0.256 e. The molecule has 0 saturated carbocycles. The van der Waals surface area contributed by atoms with Crippen LogP contribution in [-0.2, 0) is 0 Å². The van der Waals surface area contributed by atoms with Gasteiger partial charge in [0.05, 0.1) is 27.4 Å². The second kappa shape index (κ2) is 6.31. The van der Waals surface area contributed by atoms with Crippen molar-refractivity contribution in [1.29, 1.82) is 5.26 Å². The maximum absolute atomic E-state index is 9.51. The molecule has 2 heterocycles. The summed E-state index contributed by atoms with van der Waals surface area (Å²) in [6.45, 7) is 0. The number of hydrogen-bond acceptors (Lipinski definition) is 4. The SMILES string of the molecule is N#Cc1cc(-c2cnc3ccccc3c2)cc(-c2nc3ccccc3s2)c1. The third kappa shape index (κ3) is 2.84. The summed E-state index contributed by atoms with van der Waals surface area (Å²) in [6, 6.07) is 26.4. The second-order valence-corrected chi connectivity index (χ2v) is 7.34. The molecular formula is C23H13N3S. The van der Waals surface area contributed by atoms with Gasteiger partial charge < -0.3 is 0 Å². The van der Waals surface area contributed by atoms with Crippen LogP contribution in [0, 0.1) is 11.3 Å².